The monoisotopic (exact) mass is 1050 g/mol. The number of nitrogens with zero attached hydrogens (tertiary/aromatic N) is 1. The van der Waals surface area contributed by atoms with Crippen LogP contribution in [0.4, 0.5) is 26.3 Å². The van der Waals surface area contributed by atoms with Crippen molar-refractivity contribution in [1.82, 2.24) is 10.2 Å². The van der Waals surface area contributed by atoms with Crippen molar-refractivity contribution in [3.63, 3.8) is 0 Å². The topological polar surface area (TPSA) is 188 Å². The first kappa shape index (κ1) is 54.3. The molecule has 0 aliphatic rings. The Morgan fingerprint density at radius 1 is 0.657 bits per heavy atom. The molecule has 2 aromatic heterocycles. The van der Waals surface area contributed by atoms with Gasteiger partial charge in [0.05, 0.1) is 15.4 Å². The molecule has 2 heterocycles. The number of phenolic OH excluding ortho intramolecular Hbond substituents is 1. The number of rotatable bonds is 11. The number of nitrogens with two attached hydrogens (primary N) is 2. The number of para-hydroxylation sites is 2. The van der Waals surface area contributed by atoms with Gasteiger partial charge in [0.25, 0.3) is 5.76 Å². The molecule has 12 nitrogen and oxygen atoms in total. The van der Waals surface area contributed by atoms with E-state index < -0.39 is 40.7 Å². The lowest BCUT2D eigenvalue weighted by Gasteiger charge is -2.14. The summed E-state index contributed by atoms with van der Waals surface area (Å²) < 4.78 is 109. The number of hydrazine groups is 1. The molecule has 6 aromatic carbocycles. The molecule has 368 valence electrons. The molecule has 8 rings (SSSR count). The van der Waals surface area contributed by atoms with Crippen LogP contribution in [-0.2, 0) is 25.6 Å². The van der Waals surface area contributed by atoms with E-state index in [0.717, 1.165) is 11.1 Å². The molecule has 0 atom stereocenters. The van der Waals surface area contributed by atoms with Crippen molar-refractivity contribution in [2.24, 2.45) is 11.7 Å². The largest absolute Gasteiger partial charge is 0.507 e. The molecule has 0 aliphatic heterocycles. The van der Waals surface area contributed by atoms with Crippen LogP contribution in [0.5, 0.6) is 40.2 Å². The van der Waals surface area contributed by atoms with Gasteiger partial charge in [0.1, 0.15) is 53.2 Å². The van der Waals surface area contributed by atoms with E-state index >= 15 is 0 Å². The van der Waals surface area contributed by atoms with Crippen LogP contribution in [0.25, 0.3) is 22.2 Å². The minimum atomic E-state index is -4.98. The van der Waals surface area contributed by atoms with E-state index in [1.165, 1.54) is 66.7 Å². The van der Waals surface area contributed by atoms with Gasteiger partial charge in [-0.1, -0.05) is 94.9 Å². The number of benzene rings is 6. The fourth-order valence-electron chi connectivity index (χ4n) is 5.90. The number of aromatic hydroxyl groups is 1. The lowest BCUT2D eigenvalue weighted by Crippen LogP contribution is -2.15. The third-order valence-electron chi connectivity index (χ3n) is 9.04. The van der Waals surface area contributed by atoms with Gasteiger partial charge in [-0.2, -0.15) is 31.4 Å². The Labute approximate surface area is 414 Å². The zero-order chi connectivity index (χ0) is 51.2. The summed E-state index contributed by atoms with van der Waals surface area (Å²) in [4.78, 5) is 12.9. The zero-order valence-electron chi connectivity index (χ0n) is 36.0. The molecule has 8 aromatic rings. The van der Waals surface area contributed by atoms with Crippen molar-refractivity contribution in [3.05, 3.63) is 186 Å². The van der Waals surface area contributed by atoms with Crippen molar-refractivity contribution >= 4 is 57.4 Å². The number of aromatic amines is 1. The summed E-state index contributed by atoms with van der Waals surface area (Å²) in [6, 6.07) is 34.0. The second kappa shape index (κ2) is 24.8. The normalized spacial score (nSPS) is 11.0. The number of fused-ring (bicyclic) bond motifs is 1. The first-order chi connectivity index (χ1) is 33.4. The third-order valence-corrected chi connectivity index (χ3v) is 10.2. The van der Waals surface area contributed by atoms with Gasteiger partial charge in [-0.3, -0.25) is 21.6 Å². The summed E-state index contributed by atoms with van der Waals surface area (Å²) in [6.45, 7) is 2.28. The summed E-state index contributed by atoms with van der Waals surface area (Å²) in [5.74, 6) is 4.94. The van der Waals surface area contributed by atoms with Crippen LogP contribution >= 0.6 is 46.4 Å². The average Bonchev–Trinajstić information content (AvgIpc) is 3.75. The molecular weight excluding hydrogens is 1020 g/mol. The minimum Gasteiger partial charge on any atom is -0.507 e. The predicted octanol–water partition coefficient (Wildman–Crippen LogP) is 13.8. The molecule has 0 spiro atoms. The van der Waals surface area contributed by atoms with Gasteiger partial charge in [0, 0.05) is 34.3 Å². The Morgan fingerprint density at radius 3 is 1.60 bits per heavy atom. The molecule has 0 aliphatic carbocycles. The number of hydrogen-bond donors (Lipinski definition) is 5. The lowest BCUT2D eigenvalue weighted by atomic mass is 10.1. The summed E-state index contributed by atoms with van der Waals surface area (Å²) >= 11 is 23.7. The van der Waals surface area contributed by atoms with Crippen LogP contribution in [0.1, 0.15) is 29.5 Å². The maximum Gasteiger partial charge on any atom is 0.453 e. The number of nitrogens with one attached hydrogen (secondary N) is 1. The summed E-state index contributed by atoms with van der Waals surface area (Å²) in [7, 11) is 0. The Bertz CT molecular complexity index is 3050. The first-order valence-corrected chi connectivity index (χ1v) is 21.6. The van der Waals surface area contributed by atoms with Gasteiger partial charge >= 0.3 is 12.4 Å². The van der Waals surface area contributed by atoms with E-state index in [0.29, 0.717) is 15.8 Å². The average molecular weight is 1050 g/mol. The third kappa shape index (κ3) is 14.5. The SMILES string of the molecule is CCO.NN.O=c1c(Oc2ccccc2Cl)c(C(F)(F)F)oc2cc(OCc3ccc(Cl)cc3)ccc12.Oc1cc(OCc2ccc(Cl)cc2)ccc1-c1n[nH]c(C(F)(F)F)c1Oc1ccccc1Cl. The number of aliphatic hydroxyl groups is 1. The molecule has 0 amide bonds. The van der Waals surface area contributed by atoms with Crippen molar-refractivity contribution in [2.75, 3.05) is 6.61 Å². The van der Waals surface area contributed by atoms with Crippen LogP contribution in [0.15, 0.2) is 143 Å². The smallest absolute Gasteiger partial charge is 0.453 e. The number of phenols is 1. The maximum absolute atomic E-state index is 13.7. The molecule has 0 saturated heterocycles. The second-order valence-electron chi connectivity index (χ2n) is 13.9. The number of aliphatic hydroxyl groups excluding tert-OH is 1. The molecule has 0 fully saturated rings. The number of aromatic nitrogens is 2. The minimum absolute atomic E-state index is 0.00900. The lowest BCUT2D eigenvalue weighted by molar-refractivity contribution is -0.154. The number of H-pyrrole nitrogens is 1. The van der Waals surface area contributed by atoms with Gasteiger partial charge in [-0.25, -0.2) is 0 Å². The number of halogens is 10. The van der Waals surface area contributed by atoms with Crippen molar-refractivity contribution in [3.8, 4) is 51.5 Å². The van der Waals surface area contributed by atoms with Gasteiger partial charge in [-0.15, -0.1) is 0 Å². The highest BCUT2D eigenvalue weighted by molar-refractivity contribution is 6.32. The van der Waals surface area contributed by atoms with Crippen molar-refractivity contribution < 1.29 is 59.9 Å². The van der Waals surface area contributed by atoms with E-state index in [-0.39, 0.29) is 75.1 Å². The van der Waals surface area contributed by atoms with E-state index in [1.807, 2.05) is 5.10 Å². The van der Waals surface area contributed by atoms with Gasteiger partial charge in [0.15, 0.2) is 11.4 Å². The van der Waals surface area contributed by atoms with Gasteiger partial charge in [0.2, 0.25) is 11.2 Å². The Balaban J connectivity index is 0.000000239. The van der Waals surface area contributed by atoms with Crippen molar-refractivity contribution in [2.45, 2.75) is 32.5 Å². The van der Waals surface area contributed by atoms with E-state index in [9.17, 15) is 36.2 Å². The standard InChI is InChI=1S/C23H15Cl2F3N2O3.C23H13Cl2F3O4.C2H6O.H4N2/c24-14-7-5-13(6-8-14)12-32-15-9-10-16(18(31)11-15)20-21(22(30-29-20)23(26,27)28)33-19-4-2-1-3-17(19)25;24-14-7-5-13(6-8-14)12-30-15-9-10-16-19(11-15)32-22(23(26,27)28)21(20(16)29)31-18-4-2-1-3-17(18)25;1-2-3;1-2/h1-11,31H,12H2,(H,29,30);1-11H,12H2;3H,2H2,1H3;1-2H2. The van der Waals surface area contributed by atoms with Crippen molar-refractivity contribution in [1.29, 1.82) is 0 Å². The van der Waals surface area contributed by atoms with E-state index in [4.69, 9.17) is 74.9 Å². The van der Waals surface area contributed by atoms with E-state index in [1.54, 1.807) is 73.7 Å². The molecule has 70 heavy (non-hydrogen) atoms. The Hall–Kier alpha value is -6.64. The predicted molar refractivity (Wildman–Crippen MR) is 254 cm³/mol. The summed E-state index contributed by atoms with van der Waals surface area (Å²) in [5, 5.41) is 25.0. The quantitative estimate of drug-likeness (QED) is 0.0471. The fourth-order valence-corrected chi connectivity index (χ4v) is 6.50. The van der Waals surface area contributed by atoms with Gasteiger partial charge in [-0.05, 0) is 90.8 Å². The first-order valence-electron chi connectivity index (χ1n) is 20.1. The highest BCUT2D eigenvalue weighted by Gasteiger charge is 2.41. The Kier molecular flexibility index (Phi) is 19.2. The molecule has 0 saturated carbocycles. The highest BCUT2D eigenvalue weighted by Crippen LogP contribution is 2.46. The molecule has 22 heteroatoms. The molecule has 0 bridgehead atoms. The molecule has 0 radical (unpaired) electrons. The Morgan fingerprint density at radius 2 is 1.13 bits per heavy atom. The van der Waals surface area contributed by atoms with Crippen LogP contribution in [0, 0.1) is 0 Å². The zero-order valence-corrected chi connectivity index (χ0v) is 39.1. The van der Waals surface area contributed by atoms with E-state index in [2.05, 4.69) is 16.8 Å². The van der Waals surface area contributed by atoms with Crippen LogP contribution in [0.3, 0.4) is 0 Å². The second-order valence-corrected chi connectivity index (χ2v) is 15.6. The molecule has 7 N–H and O–H groups in total. The number of ether oxygens (including phenoxy) is 4. The van der Waals surface area contributed by atoms with Crippen LogP contribution in [0.2, 0.25) is 20.1 Å². The summed E-state index contributed by atoms with van der Waals surface area (Å²) in [5.41, 5.74) is -1.05. The fraction of sp³-hybridized carbons (Fsp3) is 0.125. The van der Waals surface area contributed by atoms with Crippen LogP contribution in [-0.4, -0.2) is 27.0 Å². The van der Waals surface area contributed by atoms with Gasteiger partial charge < -0.3 is 33.6 Å². The summed E-state index contributed by atoms with van der Waals surface area (Å²) in [6.07, 6.45) is -9.76. The number of alkyl halides is 6. The van der Waals surface area contributed by atoms with Crippen LogP contribution < -0.4 is 36.1 Å². The highest BCUT2D eigenvalue weighted by atomic mass is 35.5. The molecular formula is C48H38Cl4F6N4O8. The molecule has 0 unspecified atom stereocenters. The maximum atomic E-state index is 13.7. The number of hydrogen-bond acceptors (Lipinski definition) is 11.